The van der Waals surface area contributed by atoms with E-state index in [9.17, 15) is 62.8 Å². The predicted octanol–water partition coefficient (Wildman–Crippen LogP) is 14.0. The lowest BCUT2D eigenvalue weighted by atomic mass is 9.73. The van der Waals surface area contributed by atoms with Gasteiger partial charge >= 0.3 is 5.51 Å². The van der Waals surface area contributed by atoms with Crippen LogP contribution in [-0.4, -0.2) is 179 Å². The van der Waals surface area contributed by atoms with Crippen LogP contribution >= 0.6 is 23.1 Å². The third-order valence-electron chi connectivity index (χ3n) is 20.9. The Morgan fingerprint density at radius 3 is 2.12 bits per heavy atom. The number of sulfone groups is 1. The van der Waals surface area contributed by atoms with Crippen LogP contribution in [0.4, 0.5) is 33.3 Å². The zero-order chi connectivity index (χ0) is 76.9. The van der Waals surface area contributed by atoms with Crippen molar-refractivity contribution in [1.29, 1.82) is 0 Å². The molecular formula is C78H103F5N10O9S4. The van der Waals surface area contributed by atoms with Crippen molar-refractivity contribution in [2.75, 3.05) is 81.9 Å². The van der Waals surface area contributed by atoms with Crippen LogP contribution in [0.25, 0.3) is 10.4 Å². The van der Waals surface area contributed by atoms with Crippen LogP contribution in [0.5, 0.6) is 0 Å². The second-order valence-electron chi connectivity index (χ2n) is 30.4. The number of halogens is 5. The predicted molar refractivity (Wildman–Crippen MR) is 408 cm³/mol. The Kier molecular flexibility index (Phi) is 28.4. The maximum Gasteiger partial charge on any atom is 0.501 e. The SMILES string of the molecule is C=C(CCC1=C(CN2CCN(c3ccc(C(=O)NS(=O)(=O)c4ccc(N[C@H](CCN5CCC(N(C)C(=O)CCCCCC(=O)NC(C(=O)N6CCC[C@H]6C(=O)N[C@@H](C)c6ccc(-c7scnc7C)cc6)C(C)(C)C)CC5)CSc5ccccc5)c(S(=O)(=O)C(F)(F)F)c4)cc3)CC2)CCC(C)(C)C1)C(F)F. The van der Waals surface area contributed by atoms with Crippen LogP contribution in [-0.2, 0) is 39.0 Å². The van der Waals surface area contributed by atoms with Crippen molar-refractivity contribution in [3.63, 3.8) is 0 Å². The second kappa shape index (κ2) is 36.3. The van der Waals surface area contributed by atoms with Crippen LogP contribution in [0, 0.1) is 17.8 Å². The van der Waals surface area contributed by atoms with Crippen LogP contribution in [0.3, 0.4) is 0 Å². The summed E-state index contributed by atoms with van der Waals surface area (Å²) in [5.41, 5.74) is 1.04. The first-order valence-corrected chi connectivity index (χ1v) is 41.5. The van der Waals surface area contributed by atoms with Gasteiger partial charge in [0, 0.05) is 113 Å². The summed E-state index contributed by atoms with van der Waals surface area (Å²) < 4.78 is 127. The summed E-state index contributed by atoms with van der Waals surface area (Å²) in [6.45, 7) is 23.0. The van der Waals surface area contributed by atoms with E-state index in [0.29, 0.717) is 116 Å². The van der Waals surface area contributed by atoms with Crippen LogP contribution in [0.1, 0.15) is 166 Å². The van der Waals surface area contributed by atoms with Gasteiger partial charge in [-0.1, -0.05) is 101 Å². The normalized spacial score (nSPS) is 18.1. The summed E-state index contributed by atoms with van der Waals surface area (Å²) in [4.78, 5) is 82.8. The van der Waals surface area contributed by atoms with Gasteiger partial charge in [0.15, 0.2) is 0 Å². The average molecular weight is 1550 g/mol. The number of piperidine rings is 1. The number of nitrogens with zero attached hydrogens (tertiary/aromatic N) is 6. The Hall–Kier alpha value is -7.24. The van der Waals surface area contributed by atoms with Crippen molar-refractivity contribution >= 4 is 83.9 Å². The molecule has 4 aliphatic rings. The Morgan fingerprint density at radius 1 is 0.802 bits per heavy atom. The summed E-state index contributed by atoms with van der Waals surface area (Å²) in [6.07, 6.45) is 5.83. The molecule has 1 aliphatic carbocycles. The first-order chi connectivity index (χ1) is 50.1. The summed E-state index contributed by atoms with van der Waals surface area (Å²) in [5.74, 6) is -1.70. The largest absolute Gasteiger partial charge is 0.501 e. The minimum absolute atomic E-state index is 0.0396. The molecule has 0 bridgehead atoms. The molecule has 19 nitrogen and oxygen atoms in total. The highest BCUT2D eigenvalue weighted by Gasteiger charge is 2.49. The Balaban J connectivity index is 0.737. The number of aryl methyl sites for hydroxylation is 1. The van der Waals surface area contributed by atoms with Crippen molar-refractivity contribution in [2.45, 2.75) is 202 Å². The average Bonchev–Trinajstić information content (AvgIpc) is 0.932. The molecule has 4 N–H and O–H groups in total. The molecule has 3 saturated heterocycles. The van der Waals surface area contributed by atoms with E-state index in [-0.39, 0.29) is 77.3 Å². The Bertz CT molecular complexity index is 4140. The fourth-order valence-corrected chi connectivity index (χ4v) is 18.2. The van der Waals surface area contributed by atoms with Gasteiger partial charge in [0.1, 0.15) is 17.0 Å². The number of hydrogen-bond donors (Lipinski definition) is 4. The molecule has 5 amide bonds. The van der Waals surface area contributed by atoms with E-state index < -0.39 is 76.7 Å². The minimum Gasteiger partial charge on any atom is -0.380 e. The van der Waals surface area contributed by atoms with E-state index in [1.165, 1.54) is 35.0 Å². The summed E-state index contributed by atoms with van der Waals surface area (Å²) in [7, 11) is -9.37. The third-order valence-corrected chi connectivity index (χ3v) is 25.9. The van der Waals surface area contributed by atoms with Gasteiger partial charge in [0.2, 0.25) is 23.6 Å². The van der Waals surface area contributed by atoms with E-state index in [2.05, 4.69) is 56.1 Å². The number of thiazole rings is 1. The fraction of sp³-hybridized carbons (Fsp3) is 0.538. The number of sulfonamides is 1. The Morgan fingerprint density at radius 2 is 1.48 bits per heavy atom. The number of benzene rings is 4. The number of likely N-dealkylation sites (tertiary alicyclic amines) is 2. The van der Waals surface area contributed by atoms with Gasteiger partial charge in [0.05, 0.1) is 32.7 Å². The summed E-state index contributed by atoms with van der Waals surface area (Å²) >= 11 is 2.97. The highest BCUT2D eigenvalue weighted by molar-refractivity contribution is 7.99. The molecule has 0 spiro atoms. The van der Waals surface area contributed by atoms with Crippen LogP contribution in [0.15, 0.2) is 141 Å². The molecule has 4 aromatic carbocycles. The number of aromatic nitrogens is 1. The van der Waals surface area contributed by atoms with Crippen molar-refractivity contribution in [3.8, 4) is 10.4 Å². The molecule has 3 fully saturated rings. The molecule has 1 unspecified atom stereocenters. The second-order valence-corrected chi connectivity index (χ2v) is 36.0. The first-order valence-electron chi connectivity index (χ1n) is 36.7. The smallest absolute Gasteiger partial charge is 0.380 e. The van der Waals surface area contributed by atoms with Crippen molar-refractivity contribution < 1.29 is 62.8 Å². The number of carbonyl (C=O) groups is 5. The van der Waals surface area contributed by atoms with Crippen LogP contribution in [0.2, 0.25) is 0 Å². The molecule has 4 atom stereocenters. The number of alkyl halides is 5. The molecule has 28 heteroatoms. The summed E-state index contributed by atoms with van der Waals surface area (Å²) in [6, 6.07) is 23.2. The van der Waals surface area contributed by atoms with E-state index in [4.69, 9.17) is 0 Å². The monoisotopic (exact) mass is 1550 g/mol. The topological polar surface area (TPSA) is 231 Å². The van der Waals surface area contributed by atoms with E-state index >= 15 is 0 Å². The first kappa shape index (κ1) is 82.8. The highest BCUT2D eigenvalue weighted by atomic mass is 32.2. The van der Waals surface area contributed by atoms with Crippen molar-refractivity contribution in [3.05, 3.63) is 143 Å². The van der Waals surface area contributed by atoms with E-state index in [1.807, 2.05) is 99.4 Å². The molecular weight excluding hydrogens is 1440 g/mol. The number of rotatable bonds is 32. The zero-order valence-corrected chi connectivity index (χ0v) is 65.3. The quantitative estimate of drug-likeness (QED) is 0.0136. The third kappa shape index (κ3) is 22.2. The number of unbranched alkanes of at least 4 members (excludes halogenated alkanes) is 2. The van der Waals surface area contributed by atoms with Gasteiger partial charge < -0.3 is 35.6 Å². The highest BCUT2D eigenvalue weighted by Crippen LogP contribution is 2.42. The molecule has 4 heterocycles. The van der Waals surface area contributed by atoms with Gasteiger partial charge in [-0.25, -0.2) is 35.3 Å². The zero-order valence-electron chi connectivity index (χ0n) is 62.0. The molecule has 9 rings (SSSR count). The lowest BCUT2D eigenvalue weighted by Gasteiger charge is -2.39. The van der Waals surface area contributed by atoms with Gasteiger partial charge in [-0.2, -0.15) is 13.2 Å². The van der Waals surface area contributed by atoms with E-state index in [1.54, 1.807) is 40.3 Å². The van der Waals surface area contributed by atoms with E-state index in [0.717, 1.165) is 70.2 Å². The lowest BCUT2D eigenvalue weighted by Crippen LogP contribution is -2.57. The lowest BCUT2D eigenvalue weighted by molar-refractivity contribution is -0.144. The number of amides is 5. The number of allylic oxidation sites excluding steroid dienone is 2. The molecule has 5 aromatic rings. The number of carbonyl (C=O) groups excluding carboxylic acids is 5. The van der Waals surface area contributed by atoms with Crippen molar-refractivity contribution in [2.24, 2.45) is 10.8 Å². The number of hydrogen-bond acceptors (Lipinski definition) is 16. The van der Waals surface area contributed by atoms with Gasteiger partial charge in [-0.3, -0.25) is 28.9 Å². The maximum atomic E-state index is 14.6. The van der Waals surface area contributed by atoms with Gasteiger partial charge in [-0.15, -0.1) is 23.1 Å². The standard InChI is InChI=1S/C78H103F5N10O9S4/c1-52(72(79)80)22-23-58-48-77(7,8)38-34-59(58)49-91-43-45-92(46-44-91)62-30-28-57(29-31-62)73(96)88-106(101,102)64-32-33-65(67(47-64)105(99,100)78(81,82)83)86-60(50-103-63-17-12-10-13-18-63)35-40-90-41-36-61(37-42-90)89(9)69(95)21-15-11-14-20-68(94)87-71(76(4,5)6)75(98)93-39-16-19-66(93)74(97)85-53(2)55-24-26-56(27-25-55)70-54(3)84-51-104-70/h10,12-13,17-18,24-33,47,51,53,60-61,66,71-72,86H,1,11,14-16,19-23,34-46,48-50H2,2-9H3,(H,85,97)(H,87,94)(H,88,96)/t53-,60+,66-,71?/m0/s1. The molecule has 3 aliphatic heterocycles. The van der Waals surface area contributed by atoms with Gasteiger partial charge in [-0.05, 0) is 173 Å². The Labute approximate surface area is 630 Å². The number of nitrogens with one attached hydrogen (secondary N) is 4. The number of anilines is 2. The molecule has 106 heavy (non-hydrogen) atoms. The maximum absolute atomic E-state index is 14.6. The number of thioether (sulfide) groups is 1. The van der Waals surface area contributed by atoms with Gasteiger partial charge in [0.25, 0.3) is 32.2 Å². The number of piperazine rings is 1. The molecule has 0 saturated carbocycles. The molecule has 0 radical (unpaired) electrons. The molecule has 1 aromatic heterocycles. The fourth-order valence-electron chi connectivity index (χ4n) is 14.3. The van der Waals surface area contributed by atoms with Crippen molar-refractivity contribution in [1.82, 2.24) is 39.9 Å². The molecule has 578 valence electrons. The minimum atomic E-state index is -6.19. The summed E-state index contributed by atoms with van der Waals surface area (Å²) in [5, 5.41) is 9.12. The van der Waals surface area contributed by atoms with Crippen LogP contribution < -0.4 is 25.6 Å².